The van der Waals surface area contributed by atoms with Crippen molar-refractivity contribution in [2.45, 2.75) is 32.4 Å². The predicted molar refractivity (Wildman–Crippen MR) is 118 cm³/mol. The fraction of sp³-hybridized carbons (Fsp3) is 0.348. The molecule has 7 nitrogen and oxygen atoms in total. The van der Waals surface area contributed by atoms with Crippen molar-refractivity contribution < 1.29 is 23.0 Å². The summed E-state index contributed by atoms with van der Waals surface area (Å²) in [6, 6.07) is 8.66. The van der Waals surface area contributed by atoms with E-state index in [0.29, 0.717) is 22.6 Å². The maximum atomic E-state index is 13.6. The van der Waals surface area contributed by atoms with Crippen LogP contribution in [-0.2, 0) is 18.6 Å². The van der Waals surface area contributed by atoms with Crippen LogP contribution in [0.25, 0.3) is 33.8 Å². The number of aliphatic hydroxyl groups excluding tert-OH is 1. The van der Waals surface area contributed by atoms with Gasteiger partial charge in [0.2, 0.25) is 5.88 Å². The molecule has 0 spiro atoms. The van der Waals surface area contributed by atoms with Gasteiger partial charge >= 0.3 is 6.18 Å². The Balaban J connectivity index is 1.90. The third kappa shape index (κ3) is 4.43. The first-order chi connectivity index (χ1) is 15.5. The fourth-order valence-corrected chi connectivity index (χ4v) is 3.50. The first-order valence-corrected chi connectivity index (χ1v) is 10.3. The average Bonchev–Trinajstić information content (AvgIpc) is 3.34. The number of nitrogens with one attached hydrogen (secondary N) is 1. The number of aryl methyl sites for hydroxylation is 1. The molecule has 0 atom stereocenters. The molecule has 0 aliphatic carbocycles. The van der Waals surface area contributed by atoms with E-state index in [1.54, 1.807) is 11.7 Å². The van der Waals surface area contributed by atoms with E-state index >= 15 is 0 Å². The first kappa shape index (κ1) is 22.8. The summed E-state index contributed by atoms with van der Waals surface area (Å²) >= 11 is 0. The second-order valence-corrected chi connectivity index (χ2v) is 8.70. The first-order valence-electron chi connectivity index (χ1n) is 10.3. The molecule has 0 amide bonds. The lowest BCUT2D eigenvalue weighted by molar-refractivity contribution is -0.137. The molecule has 2 N–H and O–H groups in total. The highest BCUT2D eigenvalue weighted by Crippen LogP contribution is 2.38. The minimum atomic E-state index is -4.55. The highest BCUT2D eigenvalue weighted by atomic mass is 19.4. The molecular formula is C23H24F3N5O2. The van der Waals surface area contributed by atoms with Crippen molar-refractivity contribution in [3.8, 4) is 28.7 Å². The number of H-pyrrole nitrogens is 1. The van der Waals surface area contributed by atoms with Crippen molar-refractivity contribution in [2.24, 2.45) is 7.05 Å². The molecule has 0 aliphatic heterocycles. The van der Waals surface area contributed by atoms with E-state index in [2.05, 4.69) is 20.1 Å². The van der Waals surface area contributed by atoms with Crippen molar-refractivity contribution in [3.63, 3.8) is 0 Å². The quantitative estimate of drug-likeness (QED) is 0.451. The smallest absolute Gasteiger partial charge is 0.417 e. The lowest BCUT2D eigenvalue weighted by atomic mass is 9.92. The SMILES string of the molecule is Cn1nc(C(C)(C)C)cc1-c1nc2c(OCCO)nc(-c3ccccc3C(F)(F)F)cc2[nH]1. The van der Waals surface area contributed by atoms with E-state index < -0.39 is 11.7 Å². The molecule has 0 unspecified atom stereocenters. The van der Waals surface area contributed by atoms with Crippen LogP contribution in [-0.4, -0.2) is 43.1 Å². The summed E-state index contributed by atoms with van der Waals surface area (Å²) < 4.78 is 48.0. The minimum absolute atomic E-state index is 0.0363. The number of pyridine rings is 1. The van der Waals surface area contributed by atoms with Gasteiger partial charge in [-0.2, -0.15) is 18.3 Å². The highest BCUT2D eigenvalue weighted by molar-refractivity contribution is 5.87. The molecule has 0 radical (unpaired) electrons. The van der Waals surface area contributed by atoms with Crippen LogP contribution in [0.1, 0.15) is 32.0 Å². The Bertz CT molecular complexity index is 1300. The van der Waals surface area contributed by atoms with Gasteiger partial charge in [0.15, 0.2) is 11.3 Å². The molecule has 0 saturated heterocycles. The number of rotatable bonds is 5. The summed E-state index contributed by atoms with van der Waals surface area (Å²) in [5, 5.41) is 13.7. The van der Waals surface area contributed by atoms with Gasteiger partial charge in [-0.05, 0) is 18.2 Å². The number of hydrogen-bond acceptors (Lipinski definition) is 5. The number of fused-ring (bicyclic) bond motifs is 1. The third-order valence-corrected chi connectivity index (χ3v) is 5.17. The van der Waals surface area contributed by atoms with E-state index in [-0.39, 0.29) is 35.8 Å². The molecule has 4 rings (SSSR count). The summed E-state index contributed by atoms with van der Waals surface area (Å²) in [4.78, 5) is 12.1. The molecule has 33 heavy (non-hydrogen) atoms. The number of aromatic amines is 1. The third-order valence-electron chi connectivity index (χ3n) is 5.17. The Morgan fingerprint density at radius 3 is 2.45 bits per heavy atom. The molecule has 1 aromatic carbocycles. The molecule has 4 aromatic rings. The van der Waals surface area contributed by atoms with E-state index in [4.69, 9.17) is 4.74 Å². The zero-order valence-electron chi connectivity index (χ0n) is 18.7. The maximum Gasteiger partial charge on any atom is 0.417 e. The van der Waals surface area contributed by atoms with Crippen LogP contribution in [0.4, 0.5) is 13.2 Å². The number of nitrogens with zero attached hydrogens (tertiary/aromatic N) is 4. The number of aliphatic hydroxyl groups is 1. The zero-order chi connectivity index (χ0) is 24.0. The van der Waals surface area contributed by atoms with Crippen LogP contribution in [0.2, 0.25) is 0 Å². The number of hydrogen-bond donors (Lipinski definition) is 2. The summed E-state index contributed by atoms with van der Waals surface area (Å²) in [6.45, 7) is 5.79. The molecule has 10 heteroatoms. The molecule has 0 aliphatic rings. The van der Waals surface area contributed by atoms with Gasteiger partial charge < -0.3 is 14.8 Å². The van der Waals surface area contributed by atoms with Gasteiger partial charge in [0, 0.05) is 18.0 Å². The van der Waals surface area contributed by atoms with Gasteiger partial charge in [0.25, 0.3) is 0 Å². The number of benzene rings is 1. The van der Waals surface area contributed by atoms with Crippen LogP contribution in [0.3, 0.4) is 0 Å². The summed E-state index contributed by atoms with van der Waals surface area (Å²) in [5.74, 6) is 0.515. The molecule has 174 valence electrons. The lowest BCUT2D eigenvalue weighted by Crippen LogP contribution is -2.12. The summed E-state index contributed by atoms with van der Waals surface area (Å²) in [7, 11) is 1.80. The number of ether oxygens (including phenoxy) is 1. The maximum absolute atomic E-state index is 13.6. The van der Waals surface area contributed by atoms with E-state index in [0.717, 1.165) is 11.8 Å². The molecule has 3 aromatic heterocycles. The topological polar surface area (TPSA) is 88.8 Å². The average molecular weight is 459 g/mol. The van der Waals surface area contributed by atoms with Gasteiger partial charge in [0.05, 0.1) is 29.1 Å². The summed E-state index contributed by atoms with van der Waals surface area (Å²) in [5.41, 5.74) is 1.42. The van der Waals surface area contributed by atoms with E-state index in [1.807, 2.05) is 26.8 Å². The second-order valence-electron chi connectivity index (χ2n) is 8.70. The standard InChI is InChI=1S/C23H24F3N5O2/c1-22(2,3)18-12-17(31(4)30-18)20-27-16-11-15(28-21(19(16)29-20)33-10-9-32)13-7-5-6-8-14(13)23(24,25)26/h5-8,11-12,32H,9-10H2,1-4H3,(H,27,29). The molecule has 0 fully saturated rings. The lowest BCUT2D eigenvalue weighted by Gasteiger charge is -2.13. The largest absolute Gasteiger partial charge is 0.474 e. The van der Waals surface area contributed by atoms with Gasteiger partial charge in [-0.1, -0.05) is 39.0 Å². The van der Waals surface area contributed by atoms with Crippen LogP contribution in [0, 0.1) is 0 Å². The Morgan fingerprint density at radius 2 is 1.82 bits per heavy atom. The molecule has 0 bridgehead atoms. The van der Waals surface area contributed by atoms with Crippen LogP contribution in [0.15, 0.2) is 36.4 Å². The molecule has 0 saturated carbocycles. The minimum Gasteiger partial charge on any atom is -0.474 e. The normalized spacial score (nSPS) is 12.5. The number of imidazole rings is 1. The van der Waals surface area contributed by atoms with Gasteiger partial charge in [-0.15, -0.1) is 0 Å². The molecule has 3 heterocycles. The van der Waals surface area contributed by atoms with Crippen molar-refractivity contribution in [1.29, 1.82) is 0 Å². The van der Waals surface area contributed by atoms with Gasteiger partial charge in [0.1, 0.15) is 12.3 Å². The van der Waals surface area contributed by atoms with E-state index in [9.17, 15) is 18.3 Å². The Labute approximate surface area is 188 Å². The Hall–Kier alpha value is -3.40. The van der Waals surface area contributed by atoms with Crippen LogP contribution in [0.5, 0.6) is 5.88 Å². The number of halogens is 3. The second kappa shape index (κ2) is 8.18. The Morgan fingerprint density at radius 1 is 1.09 bits per heavy atom. The Kier molecular flexibility index (Phi) is 5.65. The van der Waals surface area contributed by atoms with Crippen LogP contribution < -0.4 is 4.74 Å². The number of alkyl halides is 3. The zero-order valence-corrected chi connectivity index (χ0v) is 18.7. The van der Waals surface area contributed by atoms with E-state index in [1.165, 1.54) is 24.3 Å². The van der Waals surface area contributed by atoms with Gasteiger partial charge in [-0.3, -0.25) is 4.68 Å². The van der Waals surface area contributed by atoms with Crippen LogP contribution >= 0.6 is 0 Å². The van der Waals surface area contributed by atoms with Gasteiger partial charge in [-0.25, -0.2) is 9.97 Å². The highest BCUT2D eigenvalue weighted by Gasteiger charge is 2.34. The predicted octanol–water partition coefficient (Wildman–Crippen LogP) is 4.71. The number of aromatic nitrogens is 5. The van der Waals surface area contributed by atoms with Crippen molar-refractivity contribution >= 4 is 11.0 Å². The van der Waals surface area contributed by atoms with Crippen molar-refractivity contribution in [3.05, 3.63) is 47.7 Å². The summed E-state index contributed by atoms with van der Waals surface area (Å²) in [6.07, 6.45) is -4.55. The monoisotopic (exact) mass is 459 g/mol. The van der Waals surface area contributed by atoms with Crippen molar-refractivity contribution in [1.82, 2.24) is 24.7 Å². The molecular weight excluding hydrogens is 435 g/mol. The van der Waals surface area contributed by atoms with Crippen molar-refractivity contribution in [2.75, 3.05) is 13.2 Å². The fourth-order valence-electron chi connectivity index (χ4n) is 3.50.